The lowest BCUT2D eigenvalue weighted by molar-refractivity contribution is 0.0541. The first-order valence-corrected chi connectivity index (χ1v) is 9.42. The summed E-state index contributed by atoms with van der Waals surface area (Å²) in [6.07, 6.45) is 2.14. The van der Waals surface area contributed by atoms with Gasteiger partial charge in [0.25, 0.3) is 0 Å². The minimum Gasteiger partial charge on any atom is -0.497 e. The number of rotatable bonds is 6. The zero-order chi connectivity index (χ0) is 19.4. The first-order valence-electron chi connectivity index (χ1n) is 9.42. The molecule has 6 nitrogen and oxygen atoms in total. The van der Waals surface area contributed by atoms with E-state index in [4.69, 9.17) is 18.6 Å². The third-order valence-corrected chi connectivity index (χ3v) is 5.40. The van der Waals surface area contributed by atoms with Crippen LogP contribution in [-0.4, -0.2) is 37.6 Å². The van der Waals surface area contributed by atoms with Gasteiger partial charge in [-0.1, -0.05) is 30.3 Å². The molecule has 1 aromatic heterocycles. The summed E-state index contributed by atoms with van der Waals surface area (Å²) in [5.41, 5.74) is 1.83. The van der Waals surface area contributed by atoms with Crippen LogP contribution in [0.15, 0.2) is 52.9 Å². The van der Waals surface area contributed by atoms with Gasteiger partial charge in [-0.05, 0) is 36.6 Å². The van der Waals surface area contributed by atoms with Crippen LogP contribution in [0.3, 0.4) is 0 Å². The Hall–Kier alpha value is -2.86. The Bertz CT molecular complexity index is 914. The van der Waals surface area contributed by atoms with Crippen molar-refractivity contribution in [3.63, 3.8) is 0 Å². The average molecular weight is 380 g/mol. The van der Waals surface area contributed by atoms with Crippen molar-refractivity contribution in [2.45, 2.75) is 24.7 Å². The molecule has 0 bridgehead atoms. The second kappa shape index (κ2) is 8.02. The Morgan fingerprint density at radius 1 is 0.929 bits per heavy atom. The van der Waals surface area contributed by atoms with Crippen molar-refractivity contribution < 1.29 is 18.6 Å². The molecule has 0 unspecified atom stereocenters. The number of methoxy groups -OCH3 is 2. The number of para-hydroxylation sites is 1. The van der Waals surface area contributed by atoms with E-state index in [1.54, 1.807) is 14.2 Å². The van der Waals surface area contributed by atoms with Crippen molar-refractivity contribution in [2.24, 2.45) is 0 Å². The largest absolute Gasteiger partial charge is 0.497 e. The second-order valence-electron chi connectivity index (χ2n) is 6.91. The summed E-state index contributed by atoms with van der Waals surface area (Å²) < 4.78 is 22.5. The number of nitrogens with zero attached hydrogens (tertiary/aromatic N) is 2. The van der Waals surface area contributed by atoms with E-state index >= 15 is 0 Å². The summed E-state index contributed by atoms with van der Waals surface area (Å²) >= 11 is 0. The first-order chi connectivity index (χ1) is 13.7. The Morgan fingerprint density at radius 2 is 1.68 bits per heavy atom. The highest BCUT2D eigenvalue weighted by atomic mass is 16.5. The van der Waals surface area contributed by atoms with Gasteiger partial charge in [0.2, 0.25) is 11.8 Å². The lowest BCUT2D eigenvalue weighted by Crippen LogP contribution is -2.35. The van der Waals surface area contributed by atoms with Crippen molar-refractivity contribution in [3.05, 3.63) is 71.4 Å². The van der Waals surface area contributed by atoms with Gasteiger partial charge in [-0.2, -0.15) is 0 Å². The van der Waals surface area contributed by atoms with Crippen molar-refractivity contribution in [1.29, 1.82) is 0 Å². The fourth-order valence-corrected chi connectivity index (χ4v) is 3.79. The number of hydrogen-bond donors (Lipinski definition) is 0. The fourth-order valence-electron chi connectivity index (χ4n) is 3.79. The summed E-state index contributed by atoms with van der Waals surface area (Å²) in [5.74, 6) is 2.87. The van der Waals surface area contributed by atoms with Gasteiger partial charge in [0, 0.05) is 18.8 Å². The van der Waals surface area contributed by atoms with Gasteiger partial charge in [-0.15, -0.1) is 10.2 Å². The SMILES string of the molecule is COc1ccc(C2(c3nnc(Cc4ccccc4OC)o3)CCOCC2)cc1. The van der Waals surface area contributed by atoms with Crippen molar-refractivity contribution in [3.8, 4) is 11.5 Å². The lowest BCUT2D eigenvalue weighted by Gasteiger charge is -2.34. The van der Waals surface area contributed by atoms with Crippen molar-refractivity contribution in [1.82, 2.24) is 10.2 Å². The van der Waals surface area contributed by atoms with Crippen LogP contribution in [0.4, 0.5) is 0 Å². The Labute approximate surface area is 164 Å². The van der Waals surface area contributed by atoms with Crippen LogP contribution in [0.1, 0.15) is 35.7 Å². The molecule has 0 saturated carbocycles. The zero-order valence-corrected chi connectivity index (χ0v) is 16.2. The third kappa shape index (κ3) is 3.47. The maximum absolute atomic E-state index is 6.18. The lowest BCUT2D eigenvalue weighted by atomic mass is 9.74. The molecule has 4 rings (SSSR count). The van der Waals surface area contributed by atoms with Gasteiger partial charge in [0.1, 0.15) is 11.5 Å². The molecule has 3 aromatic rings. The molecule has 1 aliphatic rings. The highest BCUT2D eigenvalue weighted by molar-refractivity contribution is 5.38. The second-order valence-corrected chi connectivity index (χ2v) is 6.91. The molecule has 0 aliphatic carbocycles. The summed E-state index contributed by atoms with van der Waals surface area (Å²) in [7, 11) is 3.33. The smallest absolute Gasteiger partial charge is 0.227 e. The summed E-state index contributed by atoms with van der Waals surface area (Å²) in [5, 5.41) is 8.77. The topological polar surface area (TPSA) is 66.6 Å². The van der Waals surface area contributed by atoms with E-state index in [-0.39, 0.29) is 5.41 Å². The van der Waals surface area contributed by atoms with Crippen LogP contribution < -0.4 is 9.47 Å². The van der Waals surface area contributed by atoms with Crippen LogP contribution in [-0.2, 0) is 16.6 Å². The Morgan fingerprint density at radius 3 is 2.39 bits per heavy atom. The summed E-state index contributed by atoms with van der Waals surface area (Å²) in [6.45, 7) is 1.33. The first kappa shape index (κ1) is 18.5. The molecule has 0 N–H and O–H groups in total. The van der Waals surface area contributed by atoms with Gasteiger partial charge in [0.15, 0.2) is 0 Å². The van der Waals surface area contributed by atoms with E-state index in [9.17, 15) is 0 Å². The summed E-state index contributed by atoms with van der Waals surface area (Å²) in [4.78, 5) is 0. The van der Waals surface area contributed by atoms with E-state index in [0.717, 1.165) is 35.5 Å². The number of benzene rings is 2. The average Bonchev–Trinajstić information content (AvgIpc) is 3.24. The van der Waals surface area contributed by atoms with E-state index < -0.39 is 0 Å². The number of ether oxygens (including phenoxy) is 3. The van der Waals surface area contributed by atoms with Gasteiger partial charge in [-0.3, -0.25) is 0 Å². The molecule has 28 heavy (non-hydrogen) atoms. The van der Waals surface area contributed by atoms with Gasteiger partial charge >= 0.3 is 0 Å². The van der Waals surface area contributed by atoms with Gasteiger partial charge in [0.05, 0.1) is 26.1 Å². The molecule has 146 valence electrons. The summed E-state index contributed by atoms with van der Waals surface area (Å²) in [6, 6.07) is 16.0. The van der Waals surface area contributed by atoms with Crippen LogP contribution >= 0.6 is 0 Å². The van der Waals surface area contributed by atoms with E-state index in [1.807, 2.05) is 36.4 Å². The standard InChI is InChI=1S/C22H24N2O4/c1-25-18-9-7-17(8-10-18)22(11-13-27-14-12-22)21-24-23-20(28-21)15-16-5-3-4-6-19(16)26-2/h3-10H,11-15H2,1-2H3. The molecular weight excluding hydrogens is 356 g/mol. The predicted octanol–water partition coefficient (Wildman–Crippen LogP) is 3.77. The minimum absolute atomic E-state index is 0.337. The normalized spacial score (nSPS) is 15.9. The molecule has 1 fully saturated rings. The highest BCUT2D eigenvalue weighted by Gasteiger charge is 2.41. The van der Waals surface area contributed by atoms with Crippen molar-refractivity contribution >= 4 is 0 Å². The van der Waals surface area contributed by atoms with E-state index in [0.29, 0.717) is 31.4 Å². The predicted molar refractivity (Wildman–Crippen MR) is 104 cm³/mol. The highest BCUT2D eigenvalue weighted by Crippen LogP contribution is 2.41. The molecule has 1 aliphatic heterocycles. The molecule has 1 saturated heterocycles. The third-order valence-electron chi connectivity index (χ3n) is 5.40. The zero-order valence-electron chi connectivity index (χ0n) is 16.2. The monoisotopic (exact) mass is 380 g/mol. The van der Waals surface area contributed by atoms with Gasteiger partial charge < -0.3 is 18.6 Å². The molecule has 2 heterocycles. The fraction of sp³-hybridized carbons (Fsp3) is 0.364. The van der Waals surface area contributed by atoms with Gasteiger partial charge in [-0.25, -0.2) is 0 Å². The molecule has 0 amide bonds. The molecular formula is C22H24N2O4. The van der Waals surface area contributed by atoms with Crippen LogP contribution in [0.25, 0.3) is 0 Å². The Balaban J connectivity index is 1.66. The number of aromatic nitrogens is 2. The van der Waals surface area contributed by atoms with Crippen LogP contribution in [0.5, 0.6) is 11.5 Å². The van der Waals surface area contributed by atoms with E-state index in [2.05, 4.69) is 22.3 Å². The van der Waals surface area contributed by atoms with Crippen LogP contribution in [0.2, 0.25) is 0 Å². The maximum Gasteiger partial charge on any atom is 0.227 e. The molecule has 2 aromatic carbocycles. The van der Waals surface area contributed by atoms with Crippen molar-refractivity contribution in [2.75, 3.05) is 27.4 Å². The maximum atomic E-state index is 6.18. The molecule has 0 radical (unpaired) electrons. The van der Waals surface area contributed by atoms with E-state index in [1.165, 1.54) is 0 Å². The quantitative estimate of drug-likeness (QED) is 0.648. The molecule has 0 spiro atoms. The number of hydrogen-bond acceptors (Lipinski definition) is 6. The van der Waals surface area contributed by atoms with Crippen LogP contribution in [0, 0.1) is 0 Å². The Kier molecular flexibility index (Phi) is 5.30. The minimum atomic E-state index is -0.337. The molecule has 0 atom stereocenters. The molecule has 6 heteroatoms.